The summed E-state index contributed by atoms with van der Waals surface area (Å²) in [7, 11) is 0. The number of hydrogen-bond acceptors (Lipinski definition) is 6. The van der Waals surface area contributed by atoms with Gasteiger partial charge in [0.05, 0.1) is 12.3 Å². The van der Waals surface area contributed by atoms with E-state index in [0.717, 1.165) is 38.2 Å². The molecule has 162 valence electrons. The number of rotatable bonds is 9. The molecule has 0 aliphatic carbocycles. The molecule has 1 aromatic heterocycles. The lowest BCUT2D eigenvalue weighted by Gasteiger charge is -2.25. The number of carbonyl (C=O) groups is 1. The number of nitrogens with one attached hydrogen (secondary N) is 1. The normalized spacial score (nSPS) is 13.5. The Balaban J connectivity index is 1.30. The van der Waals surface area contributed by atoms with Gasteiger partial charge in [-0.1, -0.05) is 49.4 Å². The van der Waals surface area contributed by atoms with E-state index in [2.05, 4.69) is 39.5 Å². The first-order valence-corrected chi connectivity index (χ1v) is 11.4. The number of amides is 1. The molecule has 0 fully saturated rings. The zero-order chi connectivity index (χ0) is 21.5. The van der Waals surface area contributed by atoms with Gasteiger partial charge in [0.25, 0.3) is 5.91 Å². The number of benzene rings is 2. The van der Waals surface area contributed by atoms with Gasteiger partial charge in [-0.15, -0.1) is 11.3 Å². The maximum atomic E-state index is 12.4. The molecule has 7 heteroatoms. The van der Waals surface area contributed by atoms with Crippen molar-refractivity contribution in [2.45, 2.75) is 32.9 Å². The second kappa shape index (κ2) is 10.4. The van der Waals surface area contributed by atoms with Crippen LogP contribution in [0.1, 0.15) is 29.5 Å². The molecule has 31 heavy (non-hydrogen) atoms. The standard InChI is InChI=1S/C24H27N3O3S/c1-2-14-29-20-10-6-7-11-21(20)30-17-23(28)26-24-25-19-12-13-27(16-22(19)31-24)15-18-8-4-3-5-9-18/h3-11H,2,12-17H2,1H3,(H,25,26,28). The number of thiazole rings is 1. The maximum absolute atomic E-state index is 12.4. The zero-order valence-corrected chi connectivity index (χ0v) is 18.5. The van der Waals surface area contributed by atoms with Crippen LogP contribution < -0.4 is 14.8 Å². The molecule has 0 saturated carbocycles. The summed E-state index contributed by atoms with van der Waals surface area (Å²) in [6.07, 6.45) is 1.81. The third kappa shape index (κ3) is 5.83. The minimum absolute atomic E-state index is 0.0864. The van der Waals surface area contributed by atoms with E-state index in [-0.39, 0.29) is 12.5 Å². The molecule has 0 saturated heterocycles. The molecule has 0 spiro atoms. The van der Waals surface area contributed by atoms with Gasteiger partial charge in [0.2, 0.25) is 0 Å². The summed E-state index contributed by atoms with van der Waals surface area (Å²) >= 11 is 1.55. The number of hydrogen-bond donors (Lipinski definition) is 1. The van der Waals surface area contributed by atoms with Crippen LogP contribution in [0.4, 0.5) is 5.13 Å². The highest BCUT2D eigenvalue weighted by molar-refractivity contribution is 7.15. The van der Waals surface area contributed by atoms with Crippen LogP contribution >= 0.6 is 11.3 Å². The molecular formula is C24H27N3O3S. The fraction of sp³-hybridized carbons (Fsp3) is 0.333. The number of aromatic nitrogens is 1. The fourth-order valence-corrected chi connectivity index (χ4v) is 4.54. The van der Waals surface area contributed by atoms with Crippen molar-refractivity contribution in [3.63, 3.8) is 0 Å². The third-order valence-electron chi connectivity index (χ3n) is 4.98. The van der Waals surface area contributed by atoms with Gasteiger partial charge in [0, 0.05) is 30.9 Å². The molecular weight excluding hydrogens is 410 g/mol. The summed E-state index contributed by atoms with van der Waals surface area (Å²) in [5.74, 6) is 0.999. The summed E-state index contributed by atoms with van der Waals surface area (Å²) < 4.78 is 11.4. The molecule has 0 bridgehead atoms. The van der Waals surface area contributed by atoms with Crippen molar-refractivity contribution in [2.75, 3.05) is 25.1 Å². The molecule has 0 unspecified atom stereocenters. The van der Waals surface area contributed by atoms with Gasteiger partial charge in [-0.3, -0.25) is 15.0 Å². The average molecular weight is 438 g/mol. The monoisotopic (exact) mass is 437 g/mol. The second-order valence-corrected chi connectivity index (χ2v) is 8.55. The summed E-state index contributed by atoms with van der Waals surface area (Å²) in [5, 5.41) is 3.52. The van der Waals surface area contributed by atoms with Crippen molar-refractivity contribution in [3.05, 3.63) is 70.7 Å². The Morgan fingerprint density at radius 1 is 1.10 bits per heavy atom. The van der Waals surface area contributed by atoms with Gasteiger partial charge < -0.3 is 9.47 Å². The number of carbonyl (C=O) groups excluding carboxylic acids is 1. The van der Waals surface area contributed by atoms with E-state index >= 15 is 0 Å². The first kappa shape index (κ1) is 21.3. The van der Waals surface area contributed by atoms with Crippen LogP contribution in [0.5, 0.6) is 11.5 Å². The Hall–Kier alpha value is -2.90. The Morgan fingerprint density at radius 3 is 2.61 bits per heavy atom. The van der Waals surface area contributed by atoms with E-state index in [1.807, 2.05) is 37.3 Å². The Kier molecular flexibility index (Phi) is 7.17. The fourth-order valence-electron chi connectivity index (χ4n) is 3.48. The van der Waals surface area contributed by atoms with Gasteiger partial charge in [-0.05, 0) is 24.1 Å². The van der Waals surface area contributed by atoms with E-state index in [0.29, 0.717) is 23.2 Å². The molecule has 6 nitrogen and oxygen atoms in total. The van der Waals surface area contributed by atoms with Crippen LogP contribution in [0, 0.1) is 0 Å². The topological polar surface area (TPSA) is 63.7 Å². The summed E-state index contributed by atoms with van der Waals surface area (Å²) in [6, 6.07) is 17.9. The third-order valence-corrected chi connectivity index (χ3v) is 5.97. The molecule has 1 aliphatic rings. The molecule has 1 aliphatic heterocycles. The predicted molar refractivity (Wildman–Crippen MR) is 123 cm³/mol. The molecule has 2 aromatic carbocycles. The van der Waals surface area contributed by atoms with Crippen molar-refractivity contribution in [1.29, 1.82) is 0 Å². The minimum Gasteiger partial charge on any atom is -0.490 e. The van der Waals surface area contributed by atoms with Crippen molar-refractivity contribution >= 4 is 22.4 Å². The maximum Gasteiger partial charge on any atom is 0.264 e. The second-order valence-electron chi connectivity index (χ2n) is 7.47. The van der Waals surface area contributed by atoms with Gasteiger partial charge in [0.15, 0.2) is 23.2 Å². The Bertz CT molecular complexity index is 1010. The van der Waals surface area contributed by atoms with E-state index in [1.165, 1.54) is 10.4 Å². The van der Waals surface area contributed by atoms with E-state index < -0.39 is 0 Å². The number of para-hydroxylation sites is 2. The molecule has 0 radical (unpaired) electrons. The number of fused-ring (bicyclic) bond motifs is 1. The van der Waals surface area contributed by atoms with Crippen LogP contribution in [0.25, 0.3) is 0 Å². The first-order chi connectivity index (χ1) is 15.2. The highest BCUT2D eigenvalue weighted by Crippen LogP contribution is 2.29. The first-order valence-electron chi connectivity index (χ1n) is 10.6. The van der Waals surface area contributed by atoms with Gasteiger partial charge >= 0.3 is 0 Å². The lowest BCUT2D eigenvalue weighted by atomic mass is 10.1. The molecule has 1 N–H and O–H groups in total. The minimum atomic E-state index is -0.225. The predicted octanol–water partition coefficient (Wildman–Crippen LogP) is 4.51. The average Bonchev–Trinajstić information content (AvgIpc) is 3.19. The smallest absolute Gasteiger partial charge is 0.264 e. The number of ether oxygens (including phenoxy) is 2. The van der Waals surface area contributed by atoms with Gasteiger partial charge in [-0.25, -0.2) is 4.98 Å². The molecule has 2 heterocycles. The van der Waals surface area contributed by atoms with Crippen LogP contribution in [0.3, 0.4) is 0 Å². The lowest BCUT2D eigenvalue weighted by molar-refractivity contribution is -0.118. The number of anilines is 1. The van der Waals surface area contributed by atoms with E-state index in [1.54, 1.807) is 11.3 Å². The summed E-state index contributed by atoms with van der Waals surface area (Å²) in [4.78, 5) is 20.7. The van der Waals surface area contributed by atoms with Crippen molar-refractivity contribution in [3.8, 4) is 11.5 Å². The van der Waals surface area contributed by atoms with Crippen molar-refractivity contribution < 1.29 is 14.3 Å². The lowest BCUT2D eigenvalue weighted by Crippen LogP contribution is -2.29. The van der Waals surface area contributed by atoms with Crippen molar-refractivity contribution in [1.82, 2.24) is 9.88 Å². The largest absolute Gasteiger partial charge is 0.490 e. The van der Waals surface area contributed by atoms with Crippen LogP contribution in [0.15, 0.2) is 54.6 Å². The number of nitrogens with zero attached hydrogens (tertiary/aromatic N) is 2. The zero-order valence-electron chi connectivity index (χ0n) is 17.7. The Morgan fingerprint density at radius 2 is 1.84 bits per heavy atom. The molecule has 0 atom stereocenters. The highest BCUT2D eigenvalue weighted by Gasteiger charge is 2.21. The van der Waals surface area contributed by atoms with Crippen LogP contribution in [0.2, 0.25) is 0 Å². The van der Waals surface area contributed by atoms with E-state index in [9.17, 15) is 4.79 Å². The van der Waals surface area contributed by atoms with Gasteiger partial charge in [0.1, 0.15) is 0 Å². The van der Waals surface area contributed by atoms with Crippen LogP contribution in [-0.2, 0) is 24.3 Å². The summed E-state index contributed by atoms with van der Waals surface area (Å²) in [5.41, 5.74) is 2.40. The van der Waals surface area contributed by atoms with E-state index in [4.69, 9.17) is 9.47 Å². The molecule has 4 rings (SSSR count). The highest BCUT2D eigenvalue weighted by atomic mass is 32.1. The van der Waals surface area contributed by atoms with Gasteiger partial charge in [-0.2, -0.15) is 0 Å². The molecule has 1 amide bonds. The SMILES string of the molecule is CCCOc1ccccc1OCC(=O)Nc1nc2c(s1)CN(Cc1ccccc1)CC2. The Labute approximate surface area is 186 Å². The quantitative estimate of drug-likeness (QED) is 0.534. The van der Waals surface area contributed by atoms with Crippen molar-refractivity contribution in [2.24, 2.45) is 0 Å². The molecule has 3 aromatic rings. The summed E-state index contributed by atoms with van der Waals surface area (Å²) in [6.45, 7) is 5.32. The van der Waals surface area contributed by atoms with Crippen LogP contribution in [-0.4, -0.2) is 35.5 Å².